The molecule has 0 bridgehead atoms. The van der Waals surface area contributed by atoms with Crippen molar-refractivity contribution in [2.45, 2.75) is 0 Å². The fourth-order valence-corrected chi connectivity index (χ4v) is 3.58. The smallest absolute Gasteiger partial charge is 0.276 e. The van der Waals surface area contributed by atoms with Gasteiger partial charge in [-0.3, -0.25) is 9.59 Å². The predicted molar refractivity (Wildman–Crippen MR) is 119 cm³/mol. The van der Waals surface area contributed by atoms with Gasteiger partial charge in [-0.05, 0) is 43.4 Å². The number of halogens is 1. The molecule has 2 heterocycles. The summed E-state index contributed by atoms with van der Waals surface area (Å²) in [6.45, 7) is 3.61. The maximum Gasteiger partial charge on any atom is 0.276 e. The number of rotatable bonds is 4. The van der Waals surface area contributed by atoms with Gasteiger partial charge in [-0.2, -0.15) is 9.78 Å². The number of nitrogens with one attached hydrogen (secondary N) is 1. The molecule has 2 aromatic carbocycles. The molecule has 1 amide bonds. The van der Waals surface area contributed by atoms with Crippen LogP contribution < -0.4 is 15.8 Å². The van der Waals surface area contributed by atoms with Crippen molar-refractivity contribution < 1.29 is 4.79 Å². The van der Waals surface area contributed by atoms with Crippen LogP contribution >= 0.6 is 11.6 Å². The number of anilines is 2. The molecule has 3 aromatic rings. The fraction of sp³-hybridized carbons (Fsp3) is 0.227. The van der Waals surface area contributed by atoms with Gasteiger partial charge in [0.2, 0.25) is 0 Å². The molecule has 0 saturated carbocycles. The summed E-state index contributed by atoms with van der Waals surface area (Å²) in [4.78, 5) is 29.7. The minimum Gasteiger partial charge on any atom is -0.367 e. The topological polar surface area (TPSA) is 70.5 Å². The van der Waals surface area contributed by atoms with Gasteiger partial charge in [0.05, 0.1) is 17.1 Å². The van der Waals surface area contributed by atoms with E-state index in [-0.39, 0.29) is 11.3 Å². The molecule has 8 heteroatoms. The molecule has 1 aliphatic rings. The summed E-state index contributed by atoms with van der Waals surface area (Å²) in [5.41, 5.74) is 1.97. The van der Waals surface area contributed by atoms with Crippen LogP contribution in [0.4, 0.5) is 11.4 Å². The zero-order valence-corrected chi connectivity index (χ0v) is 17.3. The van der Waals surface area contributed by atoms with Crippen molar-refractivity contribution in [3.63, 3.8) is 0 Å². The molecule has 1 aromatic heterocycles. The standard InChI is InChI=1S/C22H22ClN5O2/c1-26-11-13-27(14-12-26)20-9-7-16(23)15-19(20)24-22(30)18-8-10-21(29)28(25-18)17-5-3-2-4-6-17/h2-10,15H,11-14H2,1H3,(H,24,30). The van der Waals surface area contributed by atoms with Crippen molar-refractivity contribution in [1.82, 2.24) is 14.7 Å². The average molecular weight is 424 g/mol. The number of piperazine rings is 1. The van der Waals surface area contributed by atoms with Gasteiger partial charge in [0.15, 0.2) is 0 Å². The van der Waals surface area contributed by atoms with Crippen LogP contribution in [0.3, 0.4) is 0 Å². The van der Waals surface area contributed by atoms with E-state index in [1.807, 2.05) is 30.3 Å². The monoisotopic (exact) mass is 423 g/mol. The van der Waals surface area contributed by atoms with Gasteiger partial charge in [0.25, 0.3) is 11.5 Å². The van der Waals surface area contributed by atoms with E-state index in [2.05, 4.69) is 27.3 Å². The van der Waals surface area contributed by atoms with Gasteiger partial charge in [-0.25, -0.2) is 0 Å². The Bertz CT molecular complexity index is 1110. The van der Waals surface area contributed by atoms with Crippen LogP contribution in [0.5, 0.6) is 0 Å². The van der Waals surface area contributed by atoms with Crippen LogP contribution in [-0.4, -0.2) is 53.8 Å². The van der Waals surface area contributed by atoms with Crippen LogP contribution in [0.2, 0.25) is 5.02 Å². The molecule has 0 radical (unpaired) electrons. The molecule has 7 nitrogen and oxygen atoms in total. The number of para-hydroxylation sites is 1. The zero-order valence-electron chi connectivity index (χ0n) is 16.6. The number of likely N-dealkylation sites (N-methyl/N-ethyl adjacent to an activating group) is 1. The summed E-state index contributed by atoms with van der Waals surface area (Å²) in [5, 5.41) is 7.70. The summed E-state index contributed by atoms with van der Waals surface area (Å²) >= 11 is 6.20. The third-order valence-electron chi connectivity index (χ3n) is 5.08. The quantitative estimate of drug-likeness (QED) is 0.698. The summed E-state index contributed by atoms with van der Waals surface area (Å²) < 4.78 is 1.22. The number of aromatic nitrogens is 2. The SMILES string of the molecule is CN1CCN(c2ccc(Cl)cc2NC(=O)c2ccc(=O)n(-c3ccccc3)n2)CC1. The van der Waals surface area contributed by atoms with Crippen LogP contribution in [0, 0.1) is 0 Å². The molecule has 1 aliphatic heterocycles. The lowest BCUT2D eigenvalue weighted by Crippen LogP contribution is -2.44. The van der Waals surface area contributed by atoms with E-state index in [0.717, 1.165) is 31.9 Å². The highest BCUT2D eigenvalue weighted by Crippen LogP contribution is 2.30. The minimum atomic E-state index is -0.405. The molecule has 1 saturated heterocycles. The number of carbonyl (C=O) groups is 1. The summed E-state index contributed by atoms with van der Waals surface area (Å²) in [5.74, 6) is -0.405. The van der Waals surface area contributed by atoms with Gasteiger partial charge < -0.3 is 15.1 Å². The molecule has 1 N–H and O–H groups in total. The Balaban J connectivity index is 1.62. The van der Waals surface area contributed by atoms with Gasteiger partial charge in [0.1, 0.15) is 5.69 Å². The number of hydrogen-bond acceptors (Lipinski definition) is 5. The lowest BCUT2D eigenvalue weighted by molar-refractivity contribution is 0.102. The van der Waals surface area contributed by atoms with Crippen molar-refractivity contribution in [1.29, 1.82) is 0 Å². The van der Waals surface area contributed by atoms with E-state index in [9.17, 15) is 9.59 Å². The first-order valence-electron chi connectivity index (χ1n) is 9.71. The van der Waals surface area contributed by atoms with Crippen molar-refractivity contribution in [2.75, 3.05) is 43.4 Å². The average Bonchev–Trinajstić information content (AvgIpc) is 2.75. The van der Waals surface area contributed by atoms with Gasteiger partial charge in [0, 0.05) is 37.3 Å². The second-order valence-corrected chi connectivity index (χ2v) is 7.65. The minimum absolute atomic E-state index is 0.141. The zero-order chi connectivity index (χ0) is 21.1. The highest BCUT2D eigenvalue weighted by Gasteiger charge is 2.19. The highest BCUT2D eigenvalue weighted by atomic mass is 35.5. The van der Waals surface area contributed by atoms with Crippen LogP contribution in [0.15, 0.2) is 65.5 Å². The maximum atomic E-state index is 12.9. The lowest BCUT2D eigenvalue weighted by atomic mass is 10.2. The van der Waals surface area contributed by atoms with Crippen molar-refractivity contribution in [3.8, 4) is 5.69 Å². The van der Waals surface area contributed by atoms with E-state index >= 15 is 0 Å². The van der Waals surface area contributed by atoms with Crippen LogP contribution in [-0.2, 0) is 0 Å². The van der Waals surface area contributed by atoms with E-state index in [1.165, 1.54) is 16.8 Å². The number of nitrogens with zero attached hydrogens (tertiary/aromatic N) is 4. The number of amides is 1. The number of benzene rings is 2. The molecule has 0 aliphatic carbocycles. The Morgan fingerprint density at radius 3 is 2.47 bits per heavy atom. The highest BCUT2D eigenvalue weighted by molar-refractivity contribution is 6.31. The van der Waals surface area contributed by atoms with Crippen molar-refractivity contribution in [2.24, 2.45) is 0 Å². The Hall–Kier alpha value is -3.16. The van der Waals surface area contributed by atoms with Gasteiger partial charge >= 0.3 is 0 Å². The van der Waals surface area contributed by atoms with Crippen molar-refractivity contribution in [3.05, 3.63) is 81.7 Å². The first kappa shape index (κ1) is 20.1. The molecule has 30 heavy (non-hydrogen) atoms. The first-order valence-corrected chi connectivity index (χ1v) is 10.1. The summed E-state index contributed by atoms with van der Waals surface area (Å²) in [7, 11) is 2.09. The van der Waals surface area contributed by atoms with Gasteiger partial charge in [-0.15, -0.1) is 0 Å². The lowest BCUT2D eigenvalue weighted by Gasteiger charge is -2.35. The Morgan fingerprint density at radius 1 is 1.00 bits per heavy atom. The normalized spacial score (nSPS) is 14.5. The van der Waals surface area contributed by atoms with Crippen LogP contribution in [0.25, 0.3) is 5.69 Å². The predicted octanol–water partition coefficient (Wildman–Crippen LogP) is 2.89. The number of carbonyl (C=O) groups excluding carboxylic acids is 1. The molecule has 0 atom stereocenters. The molecule has 0 spiro atoms. The molecular weight excluding hydrogens is 402 g/mol. The number of hydrogen-bond donors (Lipinski definition) is 1. The Kier molecular flexibility index (Phi) is 5.83. The van der Waals surface area contributed by atoms with E-state index in [1.54, 1.807) is 18.2 Å². The second kappa shape index (κ2) is 8.69. The molecule has 0 unspecified atom stereocenters. The van der Waals surface area contributed by atoms with E-state index in [4.69, 9.17) is 11.6 Å². The summed E-state index contributed by atoms with van der Waals surface area (Å²) in [6, 6.07) is 17.2. The third kappa shape index (κ3) is 4.37. The fourth-order valence-electron chi connectivity index (χ4n) is 3.40. The molecule has 4 rings (SSSR count). The second-order valence-electron chi connectivity index (χ2n) is 7.21. The first-order chi connectivity index (χ1) is 14.5. The van der Waals surface area contributed by atoms with Crippen molar-refractivity contribution >= 4 is 28.9 Å². The third-order valence-corrected chi connectivity index (χ3v) is 5.32. The molecular formula is C22H22ClN5O2. The van der Waals surface area contributed by atoms with E-state index in [0.29, 0.717) is 16.4 Å². The molecule has 154 valence electrons. The van der Waals surface area contributed by atoms with Crippen LogP contribution in [0.1, 0.15) is 10.5 Å². The maximum absolute atomic E-state index is 12.9. The Labute approximate surface area is 179 Å². The largest absolute Gasteiger partial charge is 0.367 e. The van der Waals surface area contributed by atoms with Gasteiger partial charge in [-0.1, -0.05) is 29.8 Å². The Morgan fingerprint density at radius 2 is 1.73 bits per heavy atom. The van der Waals surface area contributed by atoms with E-state index < -0.39 is 5.91 Å². The molecule has 1 fully saturated rings. The summed E-state index contributed by atoms with van der Waals surface area (Å²) in [6.07, 6.45) is 0.